The zero-order chi connectivity index (χ0) is 9.35. The van der Waals surface area contributed by atoms with Gasteiger partial charge in [-0.25, -0.2) is 0 Å². The maximum atomic E-state index is 5.72. The summed E-state index contributed by atoms with van der Waals surface area (Å²) in [7, 11) is 1.79. The molecule has 0 bridgehead atoms. The summed E-state index contributed by atoms with van der Waals surface area (Å²) in [6.45, 7) is 8.60. The summed E-state index contributed by atoms with van der Waals surface area (Å²) >= 11 is 0. The Morgan fingerprint density at radius 3 is 2.42 bits per heavy atom. The van der Waals surface area contributed by atoms with Crippen LogP contribution < -0.4 is 0 Å². The topological polar surface area (TPSA) is 18.5 Å². The maximum absolute atomic E-state index is 5.72. The van der Waals surface area contributed by atoms with Crippen molar-refractivity contribution in [1.82, 2.24) is 0 Å². The molecule has 1 saturated heterocycles. The van der Waals surface area contributed by atoms with E-state index in [9.17, 15) is 0 Å². The van der Waals surface area contributed by atoms with E-state index in [1.165, 1.54) is 0 Å². The van der Waals surface area contributed by atoms with E-state index in [1.54, 1.807) is 7.11 Å². The van der Waals surface area contributed by atoms with Crippen molar-refractivity contribution >= 4 is 0 Å². The molecule has 0 spiro atoms. The van der Waals surface area contributed by atoms with Crippen molar-refractivity contribution in [2.75, 3.05) is 7.11 Å². The third-order valence-electron chi connectivity index (χ3n) is 3.27. The van der Waals surface area contributed by atoms with Gasteiger partial charge in [0.25, 0.3) is 0 Å². The first-order valence-corrected chi connectivity index (χ1v) is 4.70. The standard InChI is InChI=1S/C10H20O2/c1-7-6-10(4,11-5)8(2)9(3)12-7/h7-9H,6H2,1-5H3/t7?,8-,9?,10+/m0/s1. The molecule has 0 saturated carbocycles. The number of ether oxygens (including phenoxy) is 2. The van der Waals surface area contributed by atoms with Crippen LogP contribution in [0.5, 0.6) is 0 Å². The lowest BCUT2D eigenvalue weighted by atomic mass is 9.80. The molecule has 0 aromatic carbocycles. The molecule has 0 N–H and O–H groups in total. The van der Waals surface area contributed by atoms with E-state index in [4.69, 9.17) is 9.47 Å². The third-order valence-corrected chi connectivity index (χ3v) is 3.27. The van der Waals surface area contributed by atoms with Crippen molar-refractivity contribution in [2.45, 2.75) is 51.9 Å². The highest BCUT2D eigenvalue weighted by Crippen LogP contribution is 2.35. The number of methoxy groups -OCH3 is 1. The van der Waals surface area contributed by atoms with E-state index in [1.807, 2.05) is 0 Å². The average Bonchev–Trinajstić information content (AvgIpc) is 2.00. The van der Waals surface area contributed by atoms with E-state index in [-0.39, 0.29) is 5.60 Å². The van der Waals surface area contributed by atoms with Gasteiger partial charge in [0.05, 0.1) is 17.8 Å². The lowest BCUT2D eigenvalue weighted by Crippen LogP contribution is -2.49. The fourth-order valence-electron chi connectivity index (χ4n) is 2.05. The molecule has 1 rings (SSSR count). The molecule has 2 heteroatoms. The van der Waals surface area contributed by atoms with Crippen LogP contribution in [0.25, 0.3) is 0 Å². The summed E-state index contributed by atoms with van der Waals surface area (Å²) in [6.07, 6.45) is 1.62. The van der Waals surface area contributed by atoms with Crippen molar-refractivity contribution < 1.29 is 9.47 Å². The highest BCUT2D eigenvalue weighted by atomic mass is 16.5. The summed E-state index contributed by atoms with van der Waals surface area (Å²) in [6, 6.07) is 0. The molecule has 2 unspecified atom stereocenters. The first-order chi connectivity index (χ1) is 5.49. The molecule has 1 fully saturated rings. The van der Waals surface area contributed by atoms with Crippen molar-refractivity contribution in [1.29, 1.82) is 0 Å². The summed E-state index contributed by atoms with van der Waals surface area (Å²) in [4.78, 5) is 0. The van der Waals surface area contributed by atoms with E-state index < -0.39 is 0 Å². The van der Waals surface area contributed by atoms with E-state index in [0.29, 0.717) is 18.1 Å². The first-order valence-electron chi connectivity index (χ1n) is 4.70. The normalized spacial score (nSPS) is 49.2. The van der Waals surface area contributed by atoms with Crippen LogP contribution in [0.3, 0.4) is 0 Å². The van der Waals surface area contributed by atoms with Gasteiger partial charge in [-0.3, -0.25) is 0 Å². The molecule has 1 heterocycles. The lowest BCUT2D eigenvalue weighted by Gasteiger charge is -2.44. The van der Waals surface area contributed by atoms with Crippen LogP contribution in [-0.2, 0) is 9.47 Å². The number of rotatable bonds is 1. The molecular weight excluding hydrogens is 152 g/mol. The molecular formula is C10H20O2. The second-order valence-electron chi connectivity index (χ2n) is 4.16. The van der Waals surface area contributed by atoms with Crippen LogP contribution in [0.4, 0.5) is 0 Å². The van der Waals surface area contributed by atoms with Gasteiger partial charge >= 0.3 is 0 Å². The van der Waals surface area contributed by atoms with Gasteiger partial charge in [0.2, 0.25) is 0 Å². The molecule has 0 aromatic heterocycles. The van der Waals surface area contributed by atoms with Gasteiger partial charge in [0.15, 0.2) is 0 Å². The van der Waals surface area contributed by atoms with Crippen molar-refractivity contribution in [3.05, 3.63) is 0 Å². The summed E-state index contributed by atoms with van der Waals surface area (Å²) in [5.74, 6) is 0.471. The second kappa shape index (κ2) is 3.35. The van der Waals surface area contributed by atoms with Crippen LogP contribution in [0.1, 0.15) is 34.1 Å². The quantitative estimate of drug-likeness (QED) is 0.604. The Balaban J connectivity index is 2.72. The predicted octanol–water partition coefficient (Wildman–Crippen LogP) is 2.22. The fraction of sp³-hybridized carbons (Fsp3) is 1.00. The number of hydrogen-bond acceptors (Lipinski definition) is 2. The van der Waals surface area contributed by atoms with E-state index in [2.05, 4.69) is 27.7 Å². The summed E-state index contributed by atoms with van der Waals surface area (Å²) in [5, 5.41) is 0. The monoisotopic (exact) mass is 172 g/mol. The van der Waals surface area contributed by atoms with Gasteiger partial charge in [0.1, 0.15) is 0 Å². The average molecular weight is 172 g/mol. The van der Waals surface area contributed by atoms with Crippen LogP contribution in [-0.4, -0.2) is 24.9 Å². The zero-order valence-corrected chi connectivity index (χ0v) is 8.76. The Morgan fingerprint density at radius 2 is 1.92 bits per heavy atom. The fourth-order valence-corrected chi connectivity index (χ4v) is 2.05. The highest BCUT2D eigenvalue weighted by molar-refractivity contribution is 4.90. The summed E-state index contributed by atoms with van der Waals surface area (Å²) in [5.41, 5.74) is -0.00289. The van der Waals surface area contributed by atoms with Gasteiger partial charge in [-0.15, -0.1) is 0 Å². The first kappa shape index (κ1) is 10.0. The van der Waals surface area contributed by atoms with Gasteiger partial charge in [-0.2, -0.15) is 0 Å². The van der Waals surface area contributed by atoms with Crippen LogP contribution in [0.15, 0.2) is 0 Å². The molecule has 0 aliphatic carbocycles. The largest absolute Gasteiger partial charge is 0.378 e. The Bertz CT molecular complexity index is 158. The molecule has 0 radical (unpaired) electrons. The third kappa shape index (κ3) is 1.64. The van der Waals surface area contributed by atoms with Gasteiger partial charge in [0, 0.05) is 19.4 Å². The van der Waals surface area contributed by atoms with E-state index >= 15 is 0 Å². The van der Waals surface area contributed by atoms with Crippen molar-refractivity contribution in [2.24, 2.45) is 5.92 Å². The van der Waals surface area contributed by atoms with Crippen molar-refractivity contribution in [3.8, 4) is 0 Å². The van der Waals surface area contributed by atoms with Crippen LogP contribution in [0.2, 0.25) is 0 Å². The Morgan fingerprint density at radius 1 is 1.33 bits per heavy atom. The minimum Gasteiger partial charge on any atom is -0.378 e. The SMILES string of the molecule is CO[C@]1(C)CC(C)OC(C)[C@@H]1C. The highest BCUT2D eigenvalue weighted by Gasteiger charge is 2.41. The number of hydrogen-bond donors (Lipinski definition) is 0. The molecule has 0 amide bonds. The Labute approximate surface area is 75.2 Å². The molecule has 2 nitrogen and oxygen atoms in total. The van der Waals surface area contributed by atoms with Gasteiger partial charge in [-0.1, -0.05) is 6.92 Å². The second-order valence-corrected chi connectivity index (χ2v) is 4.16. The van der Waals surface area contributed by atoms with Crippen molar-refractivity contribution in [3.63, 3.8) is 0 Å². The Kier molecular flexibility index (Phi) is 2.79. The minimum atomic E-state index is -0.00289. The van der Waals surface area contributed by atoms with E-state index in [0.717, 1.165) is 6.42 Å². The molecule has 4 atom stereocenters. The summed E-state index contributed by atoms with van der Waals surface area (Å²) < 4.78 is 11.3. The molecule has 1 aliphatic heterocycles. The molecule has 0 aromatic rings. The Hall–Kier alpha value is -0.0800. The lowest BCUT2D eigenvalue weighted by molar-refractivity contribution is -0.175. The zero-order valence-electron chi connectivity index (χ0n) is 8.76. The minimum absolute atomic E-state index is 0.00289. The smallest absolute Gasteiger partial charge is 0.0725 e. The van der Waals surface area contributed by atoms with Crippen LogP contribution >= 0.6 is 0 Å². The maximum Gasteiger partial charge on any atom is 0.0725 e. The predicted molar refractivity (Wildman–Crippen MR) is 49.2 cm³/mol. The van der Waals surface area contributed by atoms with Gasteiger partial charge in [-0.05, 0) is 20.8 Å². The van der Waals surface area contributed by atoms with Gasteiger partial charge < -0.3 is 9.47 Å². The molecule has 1 aliphatic rings. The van der Waals surface area contributed by atoms with Crippen LogP contribution in [0, 0.1) is 5.92 Å². The molecule has 72 valence electrons. The molecule has 12 heavy (non-hydrogen) atoms.